The van der Waals surface area contributed by atoms with Crippen molar-refractivity contribution in [2.75, 3.05) is 5.73 Å². The molecule has 2 N–H and O–H groups in total. The van der Waals surface area contributed by atoms with E-state index < -0.39 is 6.10 Å². The largest absolute Gasteiger partial charge is 0.480 e. The van der Waals surface area contributed by atoms with Crippen molar-refractivity contribution >= 4 is 43.3 Å². The average molecular weight is 427 g/mol. The van der Waals surface area contributed by atoms with E-state index >= 15 is 0 Å². The Labute approximate surface area is 147 Å². The van der Waals surface area contributed by atoms with Crippen LogP contribution in [0, 0.1) is 0 Å². The van der Waals surface area contributed by atoms with E-state index in [2.05, 4.69) is 31.9 Å². The third-order valence-corrected chi connectivity index (χ3v) is 4.38. The number of Topliss-reactive ketones (excluding diaryl/α,β-unsaturated/α-hetero) is 1. The monoisotopic (exact) mass is 425 g/mol. The van der Waals surface area contributed by atoms with E-state index in [0.717, 1.165) is 15.4 Å². The standard InChI is InChI=1S/C17H17Br2NO2/c1-2-5-16(22-15-7-4-3-6-14(15)20)17(21)12-9-8-11(18)10-13(12)19/h3-4,6-10,16H,2,5,20H2,1H3. The number of ketones is 1. The minimum absolute atomic E-state index is 0.0514. The number of nitrogen functional groups attached to an aromatic ring is 1. The Kier molecular flexibility index (Phi) is 6.03. The van der Waals surface area contributed by atoms with Gasteiger partial charge in [-0.2, -0.15) is 0 Å². The number of hydrogen-bond donors (Lipinski definition) is 1. The molecule has 0 heterocycles. The van der Waals surface area contributed by atoms with Crippen molar-refractivity contribution in [1.29, 1.82) is 0 Å². The molecule has 0 spiro atoms. The van der Waals surface area contributed by atoms with E-state index in [0.29, 0.717) is 23.4 Å². The van der Waals surface area contributed by atoms with E-state index in [1.54, 1.807) is 18.2 Å². The van der Waals surface area contributed by atoms with Crippen molar-refractivity contribution in [3.63, 3.8) is 0 Å². The van der Waals surface area contributed by atoms with Crippen molar-refractivity contribution in [3.8, 4) is 5.75 Å². The highest BCUT2D eigenvalue weighted by molar-refractivity contribution is 9.11. The second-order valence-electron chi connectivity index (χ2n) is 4.92. The van der Waals surface area contributed by atoms with Crippen LogP contribution in [-0.2, 0) is 0 Å². The lowest BCUT2D eigenvalue weighted by atomic mass is 10.0. The third-order valence-electron chi connectivity index (χ3n) is 3.23. The Bertz CT molecular complexity index is 673. The van der Waals surface area contributed by atoms with Gasteiger partial charge in [-0.15, -0.1) is 0 Å². The van der Waals surface area contributed by atoms with Crippen molar-refractivity contribution < 1.29 is 9.53 Å². The summed E-state index contributed by atoms with van der Waals surface area (Å²) in [6, 6.07) is 12.7. The zero-order chi connectivity index (χ0) is 16.1. The van der Waals surface area contributed by atoms with Crippen LogP contribution in [0.25, 0.3) is 0 Å². The number of nitrogens with two attached hydrogens (primary N) is 1. The maximum Gasteiger partial charge on any atom is 0.204 e. The Morgan fingerprint density at radius 1 is 1.23 bits per heavy atom. The van der Waals surface area contributed by atoms with Gasteiger partial charge in [-0.05, 0) is 36.8 Å². The Morgan fingerprint density at radius 2 is 1.95 bits per heavy atom. The SMILES string of the molecule is CCCC(Oc1ccccc1N)C(=O)c1ccc(Br)cc1Br. The van der Waals surface area contributed by atoms with Crippen LogP contribution in [0.3, 0.4) is 0 Å². The molecule has 1 atom stereocenters. The smallest absolute Gasteiger partial charge is 0.204 e. The van der Waals surface area contributed by atoms with Crippen LogP contribution < -0.4 is 10.5 Å². The molecule has 0 amide bonds. The van der Waals surface area contributed by atoms with Crippen molar-refractivity contribution in [3.05, 3.63) is 57.0 Å². The first-order valence-corrected chi connectivity index (χ1v) is 8.62. The molecule has 5 heteroatoms. The molecule has 2 aromatic rings. The predicted molar refractivity (Wildman–Crippen MR) is 96.4 cm³/mol. The average Bonchev–Trinajstić information content (AvgIpc) is 2.48. The maximum atomic E-state index is 12.8. The fraction of sp³-hybridized carbons (Fsp3) is 0.235. The molecule has 0 fully saturated rings. The van der Waals surface area contributed by atoms with Gasteiger partial charge in [-0.3, -0.25) is 4.79 Å². The maximum absolute atomic E-state index is 12.8. The van der Waals surface area contributed by atoms with Gasteiger partial charge in [0, 0.05) is 14.5 Å². The quantitative estimate of drug-likeness (QED) is 0.508. The lowest BCUT2D eigenvalue weighted by Crippen LogP contribution is -2.28. The van der Waals surface area contributed by atoms with Crippen LogP contribution in [0.2, 0.25) is 0 Å². The molecule has 0 aromatic heterocycles. The fourth-order valence-corrected chi connectivity index (χ4v) is 3.35. The van der Waals surface area contributed by atoms with E-state index in [9.17, 15) is 4.79 Å². The number of carbonyl (C=O) groups is 1. The second kappa shape index (κ2) is 7.79. The first kappa shape index (κ1) is 17.0. The van der Waals surface area contributed by atoms with Crippen LogP contribution in [-0.4, -0.2) is 11.9 Å². The number of rotatable bonds is 6. The van der Waals surface area contributed by atoms with Crippen molar-refractivity contribution in [2.24, 2.45) is 0 Å². The highest BCUT2D eigenvalue weighted by Crippen LogP contribution is 2.27. The van der Waals surface area contributed by atoms with Gasteiger partial charge in [-0.1, -0.05) is 57.3 Å². The van der Waals surface area contributed by atoms with E-state index in [-0.39, 0.29) is 5.78 Å². The van der Waals surface area contributed by atoms with Crippen LogP contribution in [0.1, 0.15) is 30.1 Å². The van der Waals surface area contributed by atoms with Crippen molar-refractivity contribution in [2.45, 2.75) is 25.9 Å². The highest BCUT2D eigenvalue weighted by Gasteiger charge is 2.23. The molecule has 0 saturated heterocycles. The highest BCUT2D eigenvalue weighted by atomic mass is 79.9. The van der Waals surface area contributed by atoms with Gasteiger partial charge in [-0.25, -0.2) is 0 Å². The zero-order valence-corrected chi connectivity index (χ0v) is 15.4. The number of benzene rings is 2. The summed E-state index contributed by atoms with van der Waals surface area (Å²) in [5, 5.41) is 0. The molecule has 3 nitrogen and oxygen atoms in total. The van der Waals surface area contributed by atoms with Gasteiger partial charge in [0.2, 0.25) is 5.78 Å². The second-order valence-corrected chi connectivity index (χ2v) is 6.69. The molecular weight excluding hydrogens is 410 g/mol. The van der Waals surface area contributed by atoms with E-state index in [4.69, 9.17) is 10.5 Å². The molecule has 2 aromatic carbocycles. The molecule has 116 valence electrons. The number of hydrogen-bond acceptors (Lipinski definition) is 3. The third kappa shape index (κ3) is 4.11. The van der Waals surface area contributed by atoms with Crippen LogP contribution in [0.5, 0.6) is 5.75 Å². The summed E-state index contributed by atoms with van der Waals surface area (Å²) in [6.45, 7) is 2.02. The number of ether oxygens (including phenoxy) is 1. The first-order chi connectivity index (χ1) is 10.5. The van der Waals surface area contributed by atoms with Crippen LogP contribution >= 0.6 is 31.9 Å². The molecular formula is C17H17Br2NO2. The topological polar surface area (TPSA) is 52.3 Å². The molecule has 0 aliphatic rings. The van der Waals surface area contributed by atoms with Gasteiger partial charge in [0.05, 0.1) is 5.69 Å². The number of anilines is 1. The van der Waals surface area contributed by atoms with Gasteiger partial charge in [0.1, 0.15) is 5.75 Å². The number of para-hydroxylation sites is 2. The number of halogens is 2. The molecule has 0 aliphatic heterocycles. The van der Waals surface area contributed by atoms with Crippen LogP contribution in [0.4, 0.5) is 5.69 Å². The summed E-state index contributed by atoms with van der Waals surface area (Å²) in [4.78, 5) is 12.8. The van der Waals surface area contributed by atoms with Gasteiger partial charge >= 0.3 is 0 Å². The lowest BCUT2D eigenvalue weighted by molar-refractivity contribution is 0.0778. The minimum Gasteiger partial charge on any atom is -0.480 e. The zero-order valence-electron chi connectivity index (χ0n) is 12.2. The molecule has 0 bridgehead atoms. The van der Waals surface area contributed by atoms with E-state index in [1.165, 1.54) is 0 Å². The summed E-state index contributed by atoms with van der Waals surface area (Å²) in [5.74, 6) is 0.493. The van der Waals surface area contributed by atoms with Gasteiger partial charge in [0.25, 0.3) is 0 Å². The molecule has 0 aliphatic carbocycles. The molecule has 22 heavy (non-hydrogen) atoms. The molecule has 0 saturated carbocycles. The Morgan fingerprint density at radius 3 is 2.59 bits per heavy atom. The first-order valence-electron chi connectivity index (χ1n) is 7.03. The summed E-state index contributed by atoms with van der Waals surface area (Å²) in [7, 11) is 0. The van der Waals surface area contributed by atoms with Gasteiger partial charge in [0.15, 0.2) is 6.10 Å². The predicted octanol–water partition coefficient (Wildman–Crippen LogP) is 5.22. The summed E-state index contributed by atoms with van der Waals surface area (Å²) in [5.41, 5.74) is 7.04. The van der Waals surface area contributed by atoms with Crippen LogP contribution in [0.15, 0.2) is 51.4 Å². The molecule has 2 rings (SSSR count). The fourth-order valence-electron chi connectivity index (χ4n) is 2.11. The Balaban J connectivity index is 2.27. The summed E-state index contributed by atoms with van der Waals surface area (Å²) in [6.07, 6.45) is 0.930. The summed E-state index contributed by atoms with van der Waals surface area (Å²) >= 11 is 6.82. The Hall–Kier alpha value is -1.33. The summed E-state index contributed by atoms with van der Waals surface area (Å²) < 4.78 is 7.54. The number of carbonyl (C=O) groups excluding carboxylic acids is 1. The molecule has 1 unspecified atom stereocenters. The lowest BCUT2D eigenvalue weighted by Gasteiger charge is -2.19. The normalized spacial score (nSPS) is 12.0. The van der Waals surface area contributed by atoms with E-state index in [1.807, 2.05) is 31.2 Å². The minimum atomic E-state index is -0.549. The molecule has 0 radical (unpaired) electrons. The van der Waals surface area contributed by atoms with Crippen molar-refractivity contribution in [1.82, 2.24) is 0 Å². The van der Waals surface area contributed by atoms with Gasteiger partial charge < -0.3 is 10.5 Å².